The summed E-state index contributed by atoms with van der Waals surface area (Å²) in [5.74, 6) is 0.235. The van der Waals surface area contributed by atoms with E-state index in [1.807, 2.05) is 47.2 Å². The zero-order valence-corrected chi connectivity index (χ0v) is 18.8. The lowest BCUT2D eigenvalue weighted by Crippen LogP contribution is -2.15. The Morgan fingerprint density at radius 2 is 1.69 bits per heavy atom. The van der Waals surface area contributed by atoms with Crippen molar-refractivity contribution < 1.29 is 18.0 Å². The molecule has 1 aromatic carbocycles. The lowest BCUT2D eigenvalue weighted by Gasteiger charge is -2.09. The Balaban J connectivity index is 1.21. The van der Waals surface area contributed by atoms with Gasteiger partial charge >= 0.3 is 6.18 Å². The number of aromatic nitrogens is 5. The van der Waals surface area contributed by atoms with E-state index in [9.17, 15) is 18.0 Å². The summed E-state index contributed by atoms with van der Waals surface area (Å²) < 4.78 is 40.3. The third-order valence-electron chi connectivity index (χ3n) is 5.56. The Kier molecular flexibility index (Phi) is 6.16. The molecule has 4 heterocycles. The Morgan fingerprint density at radius 3 is 2.44 bits per heavy atom. The highest BCUT2D eigenvalue weighted by Crippen LogP contribution is 2.30. The van der Waals surface area contributed by atoms with Crippen molar-refractivity contribution in [2.24, 2.45) is 0 Å². The zero-order valence-electron chi connectivity index (χ0n) is 18.8. The number of nitrogens with zero attached hydrogens (tertiary/aromatic N) is 5. The van der Waals surface area contributed by atoms with Gasteiger partial charge in [0.1, 0.15) is 5.82 Å². The molecule has 0 aliphatic carbocycles. The SMILES string of the molecule is O=C(Cc1ccc(-c2cnc(Cc3cnn4ccccc34)nc2)cc1)Nc1cncc(C(F)(F)F)c1. The molecule has 10 heteroatoms. The van der Waals surface area contributed by atoms with Crippen molar-refractivity contribution in [1.29, 1.82) is 0 Å². The highest BCUT2D eigenvalue weighted by molar-refractivity contribution is 5.92. The van der Waals surface area contributed by atoms with Crippen molar-refractivity contribution in [3.8, 4) is 11.1 Å². The molecule has 0 atom stereocenters. The number of pyridine rings is 2. The maximum atomic E-state index is 12.8. The van der Waals surface area contributed by atoms with Gasteiger partial charge in [-0.15, -0.1) is 0 Å². The second-order valence-corrected chi connectivity index (χ2v) is 8.15. The highest BCUT2D eigenvalue weighted by Gasteiger charge is 2.31. The van der Waals surface area contributed by atoms with Gasteiger partial charge in [-0.1, -0.05) is 30.3 Å². The van der Waals surface area contributed by atoms with Crippen molar-refractivity contribution >= 4 is 17.1 Å². The molecule has 1 N–H and O–H groups in total. The summed E-state index contributed by atoms with van der Waals surface area (Å²) >= 11 is 0. The van der Waals surface area contributed by atoms with Crippen molar-refractivity contribution in [2.75, 3.05) is 5.32 Å². The number of hydrogen-bond acceptors (Lipinski definition) is 5. The van der Waals surface area contributed by atoms with E-state index < -0.39 is 17.6 Å². The molecule has 0 saturated heterocycles. The molecule has 7 nitrogen and oxygen atoms in total. The van der Waals surface area contributed by atoms with Gasteiger partial charge in [-0.05, 0) is 29.3 Å². The number of carbonyl (C=O) groups excluding carboxylic acids is 1. The first kappa shape index (κ1) is 23.2. The molecule has 4 aromatic heterocycles. The number of anilines is 1. The minimum atomic E-state index is -4.53. The Morgan fingerprint density at radius 1 is 0.917 bits per heavy atom. The fraction of sp³-hybridized carbons (Fsp3) is 0.115. The molecule has 5 aromatic rings. The summed E-state index contributed by atoms with van der Waals surface area (Å²) in [7, 11) is 0. The van der Waals surface area contributed by atoms with E-state index in [-0.39, 0.29) is 12.1 Å². The molecule has 0 saturated carbocycles. The monoisotopic (exact) mass is 488 g/mol. The largest absolute Gasteiger partial charge is 0.417 e. The molecule has 0 unspecified atom stereocenters. The molecular weight excluding hydrogens is 469 g/mol. The second-order valence-electron chi connectivity index (χ2n) is 8.15. The predicted molar refractivity (Wildman–Crippen MR) is 127 cm³/mol. The molecule has 180 valence electrons. The van der Waals surface area contributed by atoms with Gasteiger partial charge in [-0.3, -0.25) is 9.78 Å². The molecule has 5 rings (SSSR count). The van der Waals surface area contributed by atoms with Gasteiger partial charge in [0, 0.05) is 42.3 Å². The zero-order chi connectivity index (χ0) is 25.1. The molecule has 0 fully saturated rings. The maximum absolute atomic E-state index is 12.8. The van der Waals surface area contributed by atoms with Crippen LogP contribution in [0.4, 0.5) is 18.9 Å². The first-order valence-corrected chi connectivity index (χ1v) is 11.0. The fourth-order valence-electron chi connectivity index (χ4n) is 3.76. The van der Waals surface area contributed by atoms with Gasteiger partial charge in [0.2, 0.25) is 5.91 Å². The van der Waals surface area contributed by atoms with Gasteiger partial charge in [-0.2, -0.15) is 18.3 Å². The average molecular weight is 488 g/mol. The van der Waals surface area contributed by atoms with E-state index in [0.717, 1.165) is 28.3 Å². The number of fused-ring (bicyclic) bond motifs is 1. The first-order valence-electron chi connectivity index (χ1n) is 11.0. The van der Waals surface area contributed by atoms with Gasteiger partial charge in [-0.25, -0.2) is 14.5 Å². The quantitative estimate of drug-likeness (QED) is 0.365. The summed E-state index contributed by atoms with van der Waals surface area (Å²) in [5, 5.41) is 6.79. The number of alkyl halides is 3. The van der Waals surface area contributed by atoms with Crippen LogP contribution in [-0.4, -0.2) is 30.5 Å². The van der Waals surface area contributed by atoms with Crippen LogP contribution in [0.3, 0.4) is 0 Å². The average Bonchev–Trinajstić information content (AvgIpc) is 3.27. The fourth-order valence-corrected chi connectivity index (χ4v) is 3.76. The normalized spacial score (nSPS) is 11.5. The van der Waals surface area contributed by atoms with Crippen LogP contribution in [0.15, 0.2) is 85.7 Å². The third kappa shape index (κ3) is 5.22. The summed E-state index contributed by atoms with van der Waals surface area (Å²) in [5.41, 5.74) is 3.53. The third-order valence-corrected chi connectivity index (χ3v) is 5.56. The van der Waals surface area contributed by atoms with Crippen LogP contribution in [-0.2, 0) is 23.8 Å². The van der Waals surface area contributed by atoms with Crippen molar-refractivity contribution in [2.45, 2.75) is 19.0 Å². The van der Waals surface area contributed by atoms with Crippen LogP contribution in [0.25, 0.3) is 16.6 Å². The van der Waals surface area contributed by atoms with Gasteiger partial charge in [0.25, 0.3) is 0 Å². The minimum absolute atomic E-state index is 0.00557. The van der Waals surface area contributed by atoms with E-state index >= 15 is 0 Å². The van der Waals surface area contributed by atoms with Gasteiger partial charge in [0.15, 0.2) is 0 Å². The van der Waals surface area contributed by atoms with Gasteiger partial charge < -0.3 is 5.32 Å². The minimum Gasteiger partial charge on any atom is -0.324 e. The predicted octanol–water partition coefficient (Wildman–Crippen LogP) is 4.98. The number of nitrogens with one attached hydrogen (secondary N) is 1. The summed E-state index contributed by atoms with van der Waals surface area (Å²) in [6.45, 7) is 0. The molecule has 0 spiro atoms. The Hall–Kier alpha value is -4.60. The molecule has 0 radical (unpaired) electrons. The molecule has 0 aliphatic rings. The highest BCUT2D eigenvalue weighted by atomic mass is 19.4. The number of amides is 1. The number of rotatable bonds is 6. The van der Waals surface area contributed by atoms with Gasteiger partial charge in [0.05, 0.1) is 35.6 Å². The molecule has 36 heavy (non-hydrogen) atoms. The van der Waals surface area contributed by atoms with Crippen molar-refractivity contribution in [3.63, 3.8) is 0 Å². The molecule has 0 aliphatic heterocycles. The lowest BCUT2D eigenvalue weighted by molar-refractivity contribution is -0.137. The van der Waals surface area contributed by atoms with Crippen LogP contribution >= 0.6 is 0 Å². The Labute approximate surface area is 203 Å². The van der Waals surface area contributed by atoms with E-state index in [1.54, 1.807) is 24.5 Å². The molecular formula is C26H19F3N6O. The smallest absolute Gasteiger partial charge is 0.324 e. The summed E-state index contributed by atoms with van der Waals surface area (Å²) in [6, 6.07) is 14.0. The summed E-state index contributed by atoms with van der Waals surface area (Å²) in [4.78, 5) is 24.8. The van der Waals surface area contributed by atoms with E-state index in [4.69, 9.17) is 0 Å². The van der Waals surface area contributed by atoms with E-state index in [0.29, 0.717) is 24.0 Å². The van der Waals surface area contributed by atoms with Crippen LogP contribution in [0.1, 0.15) is 22.5 Å². The second kappa shape index (κ2) is 9.57. The van der Waals surface area contributed by atoms with Crippen molar-refractivity contribution in [3.05, 3.63) is 108 Å². The molecule has 0 bridgehead atoms. The maximum Gasteiger partial charge on any atom is 0.417 e. The van der Waals surface area contributed by atoms with Crippen LogP contribution in [0.5, 0.6) is 0 Å². The first-order chi connectivity index (χ1) is 17.3. The van der Waals surface area contributed by atoms with Crippen LogP contribution < -0.4 is 5.32 Å². The van der Waals surface area contributed by atoms with Crippen LogP contribution in [0.2, 0.25) is 0 Å². The van der Waals surface area contributed by atoms with Crippen molar-refractivity contribution in [1.82, 2.24) is 24.6 Å². The van der Waals surface area contributed by atoms with Crippen LogP contribution in [0, 0.1) is 0 Å². The number of halogens is 3. The number of hydrogen-bond donors (Lipinski definition) is 1. The standard InChI is InChI=1S/C26H19F3N6O/c27-26(28,29)21-11-22(16-30-15-21)34-25(36)9-17-4-6-18(7-5-17)20-12-31-24(32-13-20)10-19-14-33-35-8-2-1-3-23(19)35/h1-8,11-16H,9-10H2,(H,34,36). The van der Waals surface area contributed by atoms with E-state index in [2.05, 4.69) is 25.4 Å². The number of benzene rings is 1. The molecule has 1 amide bonds. The summed E-state index contributed by atoms with van der Waals surface area (Å²) in [6.07, 6.45) is 5.12. The Bertz CT molecular complexity index is 1510. The topological polar surface area (TPSA) is 85.1 Å². The lowest BCUT2D eigenvalue weighted by atomic mass is 10.0. The number of carbonyl (C=O) groups is 1. The van der Waals surface area contributed by atoms with E-state index in [1.165, 1.54) is 6.20 Å².